The van der Waals surface area contributed by atoms with Gasteiger partial charge in [0.1, 0.15) is 9.84 Å². The Balaban J connectivity index is 1.11. The van der Waals surface area contributed by atoms with Crippen molar-refractivity contribution in [1.29, 1.82) is 0 Å². The lowest BCUT2D eigenvalue weighted by Crippen LogP contribution is -2.68. The number of alkyl halides is 1. The van der Waals surface area contributed by atoms with Gasteiger partial charge in [-0.25, -0.2) is 17.6 Å². The van der Waals surface area contributed by atoms with Gasteiger partial charge in [0.25, 0.3) is 0 Å². The lowest BCUT2D eigenvalue weighted by Gasteiger charge is -2.72. The minimum absolute atomic E-state index is 0.0276. The summed E-state index contributed by atoms with van der Waals surface area (Å²) >= 11 is 0. The number of nitrogens with zero attached hydrogens (tertiary/aromatic N) is 1. The van der Waals surface area contributed by atoms with Crippen LogP contribution < -0.4 is 5.32 Å². The molecule has 0 amide bonds. The number of carbonyl (C=O) groups is 1. The van der Waals surface area contributed by atoms with Gasteiger partial charge in [-0.15, -0.1) is 0 Å². The Kier molecular flexibility index (Phi) is 9.71. The van der Waals surface area contributed by atoms with E-state index in [-0.39, 0.29) is 45.3 Å². The minimum Gasteiger partial charge on any atom is -0.479 e. The fourth-order valence-electron chi connectivity index (χ4n) is 14.9. The molecule has 0 aromatic heterocycles. The molecule has 0 aromatic carbocycles. The molecule has 0 bridgehead atoms. The van der Waals surface area contributed by atoms with Crippen molar-refractivity contribution in [3.05, 3.63) is 35.5 Å². The zero-order chi connectivity index (χ0) is 37.7. The molecular weight excluding hydrogens is 672 g/mol. The smallest absolute Gasteiger partial charge is 0.341 e. The summed E-state index contributed by atoms with van der Waals surface area (Å²) in [5, 5.41) is 13.6. The van der Waals surface area contributed by atoms with Crippen LogP contribution in [0.15, 0.2) is 35.5 Å². The zero-order valence-corrected chi connectivity index (χ0v) is 34.3. The summed E-state index contributed by atoms with van der Waals surface area (Å²) < 4.78 is 39.3. The lowest BCUT2D eigenvalue weighted by atomic mass is 9.33. The number of fused-ring (bicyclic) bond motifs is 7. The van der Waals surface area contributed by atoms with Crippen LogP contribution in [0.1, 0.15) is 131 Å². The molecule has 0 radical (unpaired) electrons. The van der Waals surface area contributed by atoms with Crippen LogP contribution in [0, 0.1) is 51.2 Å². The Hall–Kier alpha value is -1.51. The lowest BCUT2D eigenvalue weighted by molar-refractivity contribution is -0.221. The Morgan fingerprint density at radius 3 is 2.25 bits per heavy atom. The molecule has 5 fully saturated rings. The molecule has 52 heavy (non-hydrogen) atoms. The third-order valence-electron chi connectivity index (χ3n) is 17.9. The third kappa shape index (κ3) is 5.87. The Bertz CT molecular complexity index is 1630. The minimum atomic E-state index is -2.96. The fraction of sp³-hybridized carbons (Fsp3) is 0.841. The first-order chi connectivity index (χ1) is 24.2. The van der Waals surface area contributed by atoms with Crippen LogP contribution in [-0.2, 0) is 14.6 Å². The van der Waals surface area contributed by atoms with Crippen molar-refractivity contribution in [2.45, 2.75) is 148 Å². The summed E-state index contributed by atoms with van der Waals surface area (Å²) in [6, 6.07) is 0. The second-order valence-corrected chi connectivity index (χ2v) is 22.7. The van der Waals surface area contributed by atoms with Gasteiger partial charge in [-0.05, 0) is 166 Å². The molecule has 7 rings (SSSR count). The van der Waals surface area contributed by atoms with E-state index in [9.17, 15) is 18.3 Å². The number of halogens is 1. The van der Waals surface area contributed by atoms with Gasteiger partial charge >= 0.3 is 5.97 Å². The number of likely N-dealkylation sites (tertiary alicyclic amines) is 1. The van der Waals surface area contributed by atoms with Crippen LogP contribution in [0.4, 0.5) is 4.39 Å². The molecule has 1 unspecified atom stereocenters. The standard InChI is InChI=1S/C44H69FN2O4S/c1-29(2)32-13-22-44(46-25-28-47-26-16-31(17-27-47)52(8,50)51)24-23-41(6)34(37(32)44)9-10-36-40(5)18-14-33(30-11-20-43(45,21-12-30)38(48)49)39(3,4)35(40)15-19-42(36,41)7/h11,14,31-32,34-37,46H,1,9-10,12-13,15-28H2,2-8H3,(H,48,49)/t32-,34+,35-,36+,37+,40-,41+,42+,43?,44-/m0/s1. The summed E-state index contributed by atoms with van der Waals surface area (Å²) in [6.07, 6.45) is 18.9. The highest BCUT2D eigenvalue weighted by molar-refractivity contribution is 7.91. The maximum atomic E-state index is 15.0. The molecule has 1 saturated heterocycles. The topological polar surface area (TPSA) is 86.7 Å². The third-order valence-corrected chi connectivity index (χ3v) is 19.6. The average molecular weight is 741 g/mol. The summed E-state index contributed by atoms with van der Waals surface area (Å²) in [6.45, 7) is 23.4. The molecule has 0 aromatic rings. The van der Waals surface area contributed by atoms with E-state index in [1.165, 1.54) is 74.3 Å². The van der Waals surface area contributed by atoms with Crippen molar-refractivity contribution in [2.75, 3.05) is 32.4 Å². The van der Waals surface area contributed by atoms with Crippen molar-refractivity contribution >= 4 is 15.8 Å². The first-order valence-corrected chi connectivity index (χ1v) is 22.8. The highest BCUT2D eigenvalue weighted by atomic mass is 32.2. The molecule has 7 aliphatic rings. The van der Waals surface area contributed by atoms with Gasteiger partial charge in [0.05, 0.1) is 5.25 Å². The first-order valence-electron chi connectivity index (χ1n) is 20.9. The van der Waals surface area contributed by atoms with Crippen LogP contribution in [0.3, 0.4) is 0 Å². The quantitative estimate of drug-likeness (QED) is 0.242. The number of carboxylic acid groups (broad SMARTS) is 1. The normalized spacial score (nSPS) is 45.1. The Labute approximate surface area is 314 Å². The number of piperidine rings is 1. The molecular formula is C44H69FN2O4S. The second kappa shape index (κ2) is 13.0. The van der Waals surface area contributed by atoms with Gasteiger partial charge < -0.3 is 15.3 Å². The number of hydrogen-bond acceptors (Lipinski definition) is 5. The molecule has 4 saturated carbocycles. The molecule has 6 aliphatic carbocycles. The fourth-order valence-corrected chi connectivity index (χ4v) is 16.0. The van der Waals surface area contributed by atoms with E-state index in [4.69, 9.17) is 0 Å². The highest BCUT2D eigenvalue weighted by Crippen LogP contribution is 2.76. The summed E-state index contributed by atoms with van der Waals surface area (Å²) in [7, 11) is -2.96. The number of allylic oxidation sites excluding steroid dienone is 5. The van der Waals surface area contributed by atoms with Gasteiger partial charge in [0.15, 0.2) is 0 Å². The number of nitrogens with one attached hydrogen (secondary N) is 1. The largest absolute Gasteiger partial charge is 0.479 e. The van der Waals surface area contributed by atoms with Crippen molar-refractivity contribution in [1.82, 2.24) is 10.2 Å². The van der Waals surface area contributed by atoms with E-state index in [0.717, 1.165) is 45.4 Å². The summed E-state index contributed by atoms with van der Waals surface area (Å²) in [4.78, 5) is 14.1. The Morgan fingerprint density at radius 1 is 0.923 bits per heavy atom. The van der Waals surface area contributed by atoms with Gasteiger partial charge in [0, 0.05) is 31.3 Å². The summed E-state index contributed by atoms with van der Waals surface area (Å²) in [5.41, 5.74) is 2.58. The van der Waals surface area contributed by atoms with Crippen LogP contribution in [0.5, 0.6) is 0 Å². The van der Waals surface area contributed by atoms with Crippen LogP contribution in [-0.4, -0.2) is 73.3 Å². The van der Waals surface area contributed by atoms with E-state index in [1.54, 1.807) is 0 Å². The number of rotatable bonds is 8. The molecule has 1 heterocycles. The molecule has 0 spiro atoms. The average Bonchev–Trinajstić information content (AvgIpc) is 3.45. The SMILES string of the molecule is C=C(C)[C@@H]1CC[C@]2(NCCN3CCC(S(C)(=O)=O)CC3)CC[C@]3(C)[C@H](CC[C@@H]4[C@@]5(C)CC=C(C6=CCC(F)(C(=O)O)CC6)C(C)(C)[C@@H]5CC[C@]43C)[C@@H]12. The van der Waals surface area contributed by atoms with Gasteiger partial charge in [-0.2, -0.15) is 0 Å². The predicted molar refractivity (Wildman–Crippen MR) is 208 cm³/mol. The van der Waals surface area contributed by atoms with Crippen molar-refractivity contribution in [3.63, 3.8) is 0 Å². The monoisotopic (exact) mass is 740 g/mol. The van der Waals surface area contributed by atoms with E-state index in [2.05, 4.69) is 64.4 Å². The zero-order valence-electron chi connectivity index (χ0n) is 33.5. The second-order valence-electron chi connectivity index (χ2n) is 20.4. The molecule has 8 heteroatoms. The maximum Gasteiger partial charge on any atom is 0.341 e. The molecule has 1 aliphatic heterocycles. The molecule has 292 valence electrons. The van der Waals surface area contributed by atoms with Gasteiger partial charge in [-0.3, -0.25) is 0 Å². The first kappa shape index (κ1) is 38.8. The predicted octanol–water partition coefficient (Wildman–Crippen LogP) is 8.93. The number of carboxylic acids is 1. The Morgan fingerprint density at radius 2 is 1.63 bits per heavy atom. The number of sulfone groups is 1. The van der Waals surface area contributed by atoms with Crippen molar-refractivity contribution < 1.29 is 22.7 Å². The molecule has 2 N–H and O–H groups in total. The maximum absolute atomic E-state index is 15.0. The van der Waals surface area contributed by atoms with Crippen LogP contribution in [0.2, 0.25) is 0 Å². The van der Waals surface area contributed by atoms with Crippen molar-refractivity contribution in [3.8, 4) is 0 Å². The van der Waals surface area contributed by atoms with Crippen molar-refractivity contribution in [2.24, 2.45) is 51.2 Å². The van der Waals surface area contributed by atoms with Crippen LogP contribution in [0.25, 0.3) is 0 Å². The number of aliphatic carboxylic acids is 1. The van der Waals surface area contributed by atoms with E-state index >= 15 is 4.39 Å². The highest BCUT2D eigenvalue weighted by Gasteiger charge is 2.70. The van der Waals surface area contributed by atoms with E-state index in [1.807, 2.05) is 6.08 Å². The molecule has 6 nitrogen and oxygen atoms in total. The summed E-state index contributed by atoms with van der Waals surface area (Å²) in [5.74, 6) is 1.68. The number of hydrogen-bond donors (Lipinski definition) is 2. The van der Waals surface area contributed by atoms with Gasteiger partial charge in [0.2, 0.25) is 5.67 Å². The van der Waals surface area contributed by atoms with E-state index in [0.29, 0.717) is 36.0 Å². The van der Waals surface area contributed by atoms with Gasteiger partial charge in [-0.1, -0.05) is 58.9 Å². The van der Waals surface area contributed by atoms with E-state index < -0.39 is 21.5 Å². The van der Waals surface area contributed by atoms with Crippen LogP contribution >= 0.6 is 0 Å². The molecule has 10 atom stereocenters.